The molecule has 0 fully saturated rings. The van der Waals surface area contributed by atoms with Crippen LogP contribution >= 0.6 is 0 Å². The summed E-state index contributed by atoms with van der Waals surface area (Å²) in [5.74, 6) is 2.46. The summed E-state index contributed by atoms with van der Waals surface area (Å²) in [5, 5.41) is 0. The molecule has 0 radical (unpaired) electrons. The molecule has 0 unspecified atom stereocenters. The van der Waals surface area contributed by atoms with Crippen molar-refractivity contribution in [1.82, 2.24) is 0 Å². The monoisotopic (exact) mass is 202 g/mol. The van der Waals surface area contributed by atoms with Gasteiger partial charge in [0.25, 0.3) is 0 Å². The molecule has 0 amide bonds. The van der Waals surface area contributed by atoms with E-state index in [1.807, 2.05) is 12.2 Å². The van der Waals surface area contributed by atoms with Gasteiger partial charge in [-0.2, -0.15) is 0 Å². The molecule has 0 aliphatic heterocycles. The van der Waals surface area contributed by atoms with E-state index >= 15 is 0 Å². The summed E-state index contributed by atoms with van der Waals surface area (Å²) in [6, 6.07) is 0. The van der Waals surface area contributed by atoms with Crippen LogP contribution in [0.15, 0.2) is 29.5 Å². The minimum atomic E-state index is 0.138. The third kappa shape index (κ3) is 5.31. The SMILES string of the molecule is C#C/C=C\C=C=C(C(C)(C)C)C(C)(C)C. The predicted molar refractivity (Wildman–Crippen MR) is 68.5 cm³/mol. The second kappa shape index (κ2) is 5.06. The molecule has 0 bridgehead atoms. The van der Waals surface area contributed by atoms with E-state index in [2.05, 4.69) is 53.2 Å². The predicted octanol–water partition coefficient (Wildman–Crippen LogP) is 4.35. The fraction of sp³-hybridized carbons (Fsp3) is 0.533. The molecular weight excluding hydrogens is 180 g/mol. The Balaban J connectivity index is 5.25. The lowest BCUT2D eigenvalue weighted by molar-refractivity contribution is 0.363. The molecule has 0 N–H and O–H groups in total. The van der Waals surface area contributed by atoms with Crippen LogP contribution in [0.4, 0.5) is 0 Å². The zero-order chi connectivity index (χ0) is 12.1. The molecule has 0 heteroatoms. The minimum Gasteiger partial charge on any atom is -0.121 e. The molecule has 0 aliphatic rings. The number of hydrogen-bond donors (Lipinski definition) is 0. The number of hydrogen-bond acceptors (Lipinski definition) is 0. The van der Waals surface area contributed by atoms with Crippen LogP contribution in [-0.4, -0.2) is 0 Å². The molecule has 0 atom stereocenters. The van der Waals surface area contributed by atoms with Gasteiger partial charge in [-0.1, -0.05) is 47.5 Å². The maximum absolute atomic E-state index is 5.13. The summed E-state index contributed by atoms with van der Waals surface area (Å²) in [6.07, 6.45) is 10.5. The topological polar surface area (TPSA) is 0 Å². The first kappa shape index (κ1) is 13.8. The highest BCUT2D eigenvalue weighted by molar-refractivity contribution is 5.22. The van der Waals surface area contributed by atoms with Crippen LogP contribution in [-0.2, 0) is 0 Å². The molecule has 0 heterocycles. The van der Waals surface area contributed by atoms with Gasteiger partial charge in [0.05, 0.1) is 0 Å². The summed E-state index contributed by atoms with van der Waals surface area (Å²) in [7, 11) is 0. The van der Waals surface area contributed by atoms with Crippen LogP contribution in [0.1, 0.15) is 41.5 Å². The van der Waals surface area contributed by atoms with E-state index in [1.165, 1.54) is 5.57 Å². The zero-order valence-corrected chi connectivity index (χ0v) is 10.8. The van der Waals surface area contributed by atoms with Gasteiger partial charge in [-0.05, 0) is 34.6 Å². The fourth-order valence-corrected chi connectivity index (χ4v) is 1.79. The molecule has 0 saturated carbocycles. The third-order valence-electron chi connectivity index (χ3n) is 2.02. The lowest BCUT2D eigenvalue weighted by Gasteiger charge is -2.32. The second-order valence-corrected chi connectivity index (χ2v) is 5.71. The molecule has 0 rings (SSSR count). The van der Waals surface area contributed by atoms with Crippen molar-refractivity contribution in [3.63, 3.8) is 0 Å². The average Bonchev–Trinajstić information content (AvgIpc) is 1.99. The van der Waals surface area contributed by atoms with Crippen molar-refractivity contribution in [2.75, 3.05) is 0 Å². The smallest absolute Gasteiger partial charge is 0.00918 e. The van der Waals surface area contributed by atoms with E-state index in [0.29, 0.717) is 0 Å². The van der Waals surface area contributed by atoms with Gasteiger partial charge in [0.1, 0.15) is 0 Å². The Morgan fingerprint density at radius 1 is 1.00 bits per heavy atom. The Labute approximate surface area is 94.8 Å². The van der Waals surface area contributed by atoms with Crippen LogP contribution < -0.4 is 0 Å². The molecule has 0 aliphatic carbocycles. The Hall–Kier alpha value is -1.18. The molecule has 0 spiro atoms. The van der Waals surface area contributed by atoms with Gasteiger partial charge in [0.15, 0.2) is 0 Å². The Bertz CT molecular complexity index is 310. The fourth-order valence-electron chi connectivity index (χ4n) is 1.79. The van der Waals surface area contributed by atoms with Gasteiger partial charge < -0.3 is 0 Å². The molecule has 0 nitrogen and oxygen atoms in total. The van der Waals surface area contributed by atoms with Crippen LogP contribution in [0.25, 0.3) is 0 Å². The van der Waals surface area contributed by atoms with Crippen molar-refractivity contribution >= 4 is 0 Å². The Morgan fingerprint density at radius 2 is 1.47 bits per heavy atom. The molecular formula is C15H22. The van der Waals surface area contributed by atoms with E-state index in [4.69, 9.17) is 6.42 Å². The van der Waals surface area contributed by atoms with Gasteiger partial charge in [-0.3, -0.25) is 0 Å². The lowest BCUT2D eigenvalue weighted by atomic mass is 9.72. The molecule has 82 valence electrons. The van der Waals surface area contributed by atoms with Crippen molar-refractivity contribution in [1.29, 1.82) is 0 Å². The quantitative estimate of drug-likeness (QED) is 0.337. The first-order chi connectivity index (χ1) is 6.69. The van der Waals surface area contributed by atoms with Crippen molar-refractivity contribution in [3.05, 3.63) is 29.5 Å². The minimum absolute atomic E-state index is 0.138. The molecule has 15 heavy (non-hydrogen) atoms. The third-order valence-corrected chi connectivity index (χ3v) is 2.02. The second-order valence-electron chi connectivity index (χ2n) is 5.71. The van der Waals surface area contributed by atoms with Crippen molar-refractivity contribution in [3.8, 4) is 12.3 Å². The molecule has 0 saturated heterocycles. The molecule has 0 aromatic heterocycles. The molecule has 0 aromatic rings. The summed E-state index contributed by atoms with van der Waals surface area (Å²) in [6.45, 7) is 13.2. The highest BCUT2D eigenvalue weighted by atomic mass is 14.3. The number of allylic oxidation sites excluding steroid dienone is 3. The number of terminal acetylenes is 1. The maximum atomic E-state index is 5.13. The maximum Gasteiger partial charge on any atom is -0.00918 e. The normalized spacial score (nSPS) is 12.1. The average molecular weight is 202 g/mol. The van der Waals surface area contributed by atoms with Crippen LogP contribution in [0, 0.1) is 23.2 Å². The first-order valence-corrected chi connectivity index (χ1v) is 5.28. The van der Waals surface area contributed by atoms with Gasteiger partial charge >= 0.3 is 0 Å². The van der Waals surface area contributed by atoms with E-state index in [0.717, 1.165) is 0 Å². The summed E-state index contributed by atoms with van der Waals surface area (Å²) in [5.41, 5.74) is 4.92. The summed E-state index contributed by atoms with van der Waals surface area (Å²) >= 11 is 0. The van der Waals surface area contributed by atoms with Crippen molar-refractivity contribution in [2.24, 2.45) is 10.8 Å². The largest absolute Gasteiger partial charge is 0.121 e. The van der Waals surface area contributed by atoms with Gasteiger partial charge in [0, 0.05) is 0 Å². The van der Waals surface area contributed by atoms with Gasteiger partial charge in [0.2, 0.25) is 0 Å². The summed E-state index contributed by atoms with van der Waals surface area (Å²) in [4.78, 5) is 0. The van der Waals surface area contributed by atoms with E-state index in [1.54, 1.807) is 6.08 Å². The Morgan fingerprint density at radius 3 is 1.80 bits per heavy atom. The van der Waals surface area contributed by atoms with E-state index in [9.17, 15) is 0 Å². The lowest BCUT2D eigenvalue weighted by Crippen LogP contribution is -2.21. The number of rotatable bonds is 1. The van der Waals surface area contributed by atoms with E-state index < -0.39 is 0 Å². The van der Waals surface area contributed by atoms with Crippen molar-refractivity contribution < 1.29 is 0 Å². The zero-order valence-electron chi connectivity index (χ0n) is 10.8. The summed E-state index contributed by atoms with van der Waals surface area (Å²) < 4.78 is 0. The standard InChI is InChI=1S/C15H22/c1-8-9-10-11-12-13(14(2,3)4)15(5,6)7/h1,9-11H,2-7H3/b10-9-. The highest BCUT2D eigenvalue weighted by Crippen LogP contribution is 2.38. The van der Waals surface area contributed by atoms with Gasteiger partial charge in [-0.15, -0.1) is 12.2 Å². The van der Waals surface area contributed by atoms with Crippen molar-refractivity contribution in [2.45, 2.75) is 41.5 Å². The van der Waals surface area contributed by atoms with Gasteiger partial charge in [-0.25, -0.2) is 0 Å². The molecule has 0 aromatic carbocycles. The van der Waals surface area contributed by atoms with Crippen LogP contribution in [0.2, 0.25) is 0 Å². The highest BCUT2D eigenvalue weighted by Gasteiger charge is 2.27. The van der Waals surface area contributed by atoms with E-state index in [-0.39, 0.29) is 10.8 Å². The Kier molecular flexibility index (Phi) is 4.66. The van der Waals surface area contributed by atoms with Crippen LogP contribution in [0.5, 0.6) is 0 Å². The first-order valence-electron chi connectivity index (χ1n) is 5.28. The van der Waals surface area contributed by atoms with Crippen LogP contribution in [0.3, 0.4) is 0 Å².